The highest BCUT2D eigenvalue weighted by Crippen LogP contribution is 2.22. The molecule has 2 aromatic rings. The molecular weight excluding hydrogens is 228 g/mol. The largest absolute Gasteiger partial charge is 0.392 e. The van der Waals surface area contributed by atoms with Crippen molar-refractivity contribution in [2.45, 2.75) is 19.1 Å². The Morgan fingerprint density at radius 3 is 3.11 bits per heavy atom. The minimum absolute atomic E-state index is 0.182. The van der Waals surface area contributed by atoms with Crippen LogP contribution in [-0.4, -0.2) is 44.4 Å². The Hall–Kier alpha value is -1.72. The number of hydrogen-bond donors (Lipinski definition) is 2. The van der Waals surface area contributed by atoms with E-state index in [4.69, 9.17) is 0 Å². The van der Waals surface area contributed by atoms with Gasteiger partial charge in [0.25, 0.3) is 0 Å². The smallest absolute Gasteiger partial charge is 0.0710 e. The van der Waals surface area contributed by atoms with Gasteiger partial charge in [-0.1, -0.05) is 0 Å². The fraction of sp³-hybridized carbons (Fsp3) is 0.385. The number of pyridine rings is 1. The monoisotopic (exact) mass is 244 g/mol. The molecule has 1 fully saturated rings. The van der Waals surface area contributed by atoms with Crippen LogP contribution in [-0.2, 0) is 6.54 Å². The van der Waals surface area contributed by atoms with Crippen LogP contribution in [0.15, 0.2) is 30.7 Å². The molecule has 0 amide bonds. The average Bonchev–Trinajstić information content (AvgIpc) is 3.00. The number of likely N-dealkylation sites (tertiary alicyclic amines) is 1. The first-order valence-electron chi connectivity index (χ1n) is 6.16. The minimum Gasteiger partial charge on any atom is -0.392 e. The number of nitrogens with zero attached hydrogens (tertiary/aromatic N) is 3. The van der Waals surface area contributed by atoms with E-state index in [1.807, 2.05) is 24.5 Å². The normalized spacial score (nSPS) is 20.4. The summed E-state index contributed by atoms with van der Waals surface area (Å²) in [4.78, 5) is 6.37. The summed E-state index contributed by atoms with van der Waals surface area (Å²) in [5.74, 6) is 0. The molecule has 1 saturated heterocycles. The lowest BCUT2D eigenvalue weighted by atomic mass is 10.1. The van der Waals surface area contributed by atoms with Gasteiger partial charge >= 0.3 is 0 Å². The molecule has 2 aromatic heterocycles. The minimum atomic E-state index is -0.182. The Bertz CT molecular complexity index is 511. The van der Waals surface area contributed by atoms with Gasteiger partial charge in [-0.2, -0.15) is 5.10 Å². The number of H-pyrrole nitrogens is 1. The molecule has 0 unspecified atom stereocenters. The summed E-state index contributed by atoms with van der Waals surface area (Å²) in [6, 6.07) is 3.93. The quantitative estimate of drug-likeness (QED) is 0.846. The summed E-state index contributed by atoms with van der Waals surface area (Å²) in [5.41, 5.74) is 3.21. The van der Waals surface area contributed by atoms with Gasteiger partial charge in [-0.15, -0.1) is 0 Å². The maximum atomic E-state index is 9.54. The van der Waals surface area contributed by atoms with Crippen LogP contribution >= 0.6 is 0 Å². The van der Waals surface area contributed by atoms with Gasteiger partial charge in [0, 0.05) is 43.2 Å². The lowest BCUT2D eigenvalue weighted by Crippen LogP contribution is -2.21. The second-order valence-corrected chi connectivity index (χ2v) is 4.69. The fourth-order valence-corrected chi connectivity index (χ4v) is 2.39. The fourth-order valence-electron chi connectivity index (χ4n) is 2.39. The van der Waals surface area contributed by atoms with Gasteiger partial charge in [-0.05, 0) is 18.6 Å². The SMILES string of the molecule is O[C@H]1CCN(Cc2cn[nH]c2-c2cccnc2)C1. The Balaban J connectivity index is 1.80. The van der Waals surface area contributed by atoms with E-state index < -0.39 is 0 Å². The van der Waals surface area contributed by atoms with Crippen LogP contribution in [0.5, 0.6) is 0 Å². The lowest BCUT2D eigenvalue weighted by molar-refractivity contribution is 0.175. The van der Waals surface area contributed by atoms with Crippen molar-refractivity contribution in [2.75, 3.05) is 13.1 Å². The zero-order chi connectivity index (χ0) is 12.4. The van der Waals surface area contributed by atoms with Gasteiger partial charge in [0.1, 0.15) is 0 Å². The summed E-state index contributed by atoms with van der Waals surface area (Å²) in [6.45, 7) is 2.51. The second-order valence-electron chi connectivity index (χ2n) is 4.69. The Morgan fingerprint density at radius 1 is 1.44 bits per heavy atom. The number of aromatic amines is 1. The third-order valence-electron chi connectivity index (χ3n) is 3.31. The Kier molecular flexibility index (Phi) is 3.08. The van der Waals surface area contributed by atoms with Gasteiger partial charge in [-0.3, -0.25) is 15.0 Å². The van der Waals surface area contributed by atoms with Crippen LogP contribution in [0, 0.1) is 0 Å². The van der Waals surface area contributed by atoms with E-state index in [-0.39, 0.29) is 6.10 Å². The number of rotatable bonds is 3. The second kappa shape index (κ2) is 4.88. The van der Waals surface area contributed by atoms with Crippen LogP contribution in [0.25, 0.3) is 11.3 Å². The van der Waals surface area contributed by atoms with Crippen molar-refractivity contribution >= 4 is 0 Å². The summed E-state index contributed by atoms with van der Waals surface area (Å²) in [5, 5.41) is 16.7. The van der Waals surface area contributed by atoms with Gasteiger partial charge in [0.05, 0.1) is 18.0 Å². The first-order chi connectivity index (χ1) is 8.83. The molecule has 1 aliphatic rings. The zero-order valence-electron chi connectivity index (χ0n) is 10.1. The van der Waals surface area contributed by atoms with Gasteiger partial charge in [-0.25, -0.2) is 0 Å². The highest BCUT2D eigenvalue weighted by Gasteiger charge is 2.21. The number of aromatic nitrogens is 3. The molecule has 18 heavy (non-hydrogen) atoms. The average molecular weight is 244 g/mol. The molecule has 5 heteroatoms. The maximum Gasteiger partial charge on any atom is 0.0710 e. The molecular formula is C13H16N4O. The predicted octanol–water partition coefficient (Wildman–Crippen LogP) is 1.04. The molecule has 0 saturated carbocycles. The van der Waals surface area contributed by atoms with Crippen molar-refractivity contribution in [1.29, 1.82) is 0 Å². The molecule has 3 heterocycles. The highest BCUT2D eigenvalue weighted by atomic mass is 16.3. The van der Waals surface area contributed by atoms with E-state index in [9.17, 15) is 5.11 Å². The van der Waals surface area contributed by atoms with E-state index in [1.54, 1.807) is 6.20 Å². The molecule has 0 aliphatic carbocycles. The van der Waals surface area contributed by atoms with Crippen LogP contribution in [0.1, 0.15) is 12.0 Å². The first-order valence-corrected chi connectivity index (χ1v) is 6.16. The topological polar surface area (TPSA) is 65.0 Å². The summed E-state index contributed by atoms with van der Waals surface area (Å²) in [6.07, 6.45) is 6.12. The lowest BCUT2D eigenvalue weighted by Gasteiger charge is -2.14. The van der Waals surface area contributed by atoms with Crippen molar-refractivity contribution in [2.24, 2.45) is 0 Å². The van der Waals surface area contributed by atoms with Crippen LogP contribution in [0.3, 0.4) is 0 Å². The van der Waals surface area contributed by atoms with E-state index in [0.29, 0.717) is 0 Å². The highest BCUT2D eigenvalue weighted by molar-refractivity contribution is 5.61. The molecule has 1 aliphatic heterocycles. The van der Waals surface area contributed by atoms with Crippen molar-refractivity contribution in [1.82, 2.24) is 20.1 Å². The molecule has 0 spiro atoms. The van der Waals surface area contributed by atoms with Crippen molar-refractivity contribution < 1.29 is 5.11 Å². The van der Waals surface area contributed by atoms with E-state index in [2.05, 4.69) is 20.1 Å². The Morgan fingerprint density at radius 2 is 2.39 bits per heavy atom. The molecule has 0 radical (unpaired) electrons. The third kappa shape index (κ3) is 2.27. The predicted molar refractivity (Wildman–Crippen MR) is 67.7 cm³/mol. The number of hydrogen-bond acceptors (Lipinski definition) is 4. The molecule has 94 valence electrons. The molecule has 2 N–H and O–H groups in total. The van der Waals surface area contributed by atoms with E-state index in [1.165, 1.54) is 0 Å². The van der Waals surface area contributed by atoms with E-state index >= 15 is 0 Å². The molecule has 1 atom stereocenters. The molecule has 0 bridgehead atoms. The number of β-amino-alcohol motifs (C(OH)–C–C–N with tert-alkyl or cyclic N) is 1. The maximum absolute atomic E-state index is 9.54. The van der Waals surface area contributed by atoms with Crippen LogP contribution < -0.4 is 0 Å². The summed E-state index contributed by atoms with van der Waals surface area (Å²) < 4.78 is 0. The summed E-state index contributed by atoms with van der Waals surface area (Å²) in [7, 11) is 0. The van der Waals surface area contributed by atoms with Crippen molar-refractivity contribution in [3.63, 3.8) is 0 Å². The van der Waals surface area contributed by atoms with Crippen molar-refractivity contribution in [3.8, 4) is 11.3 Å². The number of aliphatic hydroxyl groups excluding tert-OH is 1. The number of nitrogens with one attached hydrogen (secondary N) is 1. The molecule has 5 nitrogen and oxygen atoms in total. The molecule has 3 rings (SSSR count). The number of aliphatic hydroxyl groups is 1. The van der Waals surface area contributed by atoms with Gasteiger partial charge < -0.3 is 5.11 Å². The standard InChI is InChI=1S/C13H16N4O/c18-12-3-5-17(9-12)8-11-7-15-16-13(11)10-2-1-4-14-6-10/h1-2,4,6-7,12,18H,3,5,8-9H2,(H,15,16)/t12-/m0/s1. The van der Waals surface area contributed by atoms with Crippen molar-refractivity contribution in [3.05, 3.63) is 36.3 Å². The van der Waals surface area contributed by atoms with Gasteiger partial charge in [0.2, 0.25) is 0 Å². The third-order valence-corrected chi connectivity index (χ3v) is 3.31. The van der Waals surface area contributed by atoms with E-state index in [0.717, 1.165) is 42.9 Å². The van der Waals surface area contributed by atoms with Crippen LogP contribution in [0.4, 0.5) is 0 Å². The molecule has 0 aromatic carbocycles. The van der Waals surface area contributed by atoms with Crippen LogP contribution in [0.2, 0.25) is 0 Å². The zero-order valence-corrected chi connectivity index (χ0v) is 10.1. The summed E-state index contributed by atoms with van der Waals surface area (Å²) >= 11 is 0. The first kappa shape index (κ1) is 11.4. The Labute approximate surface area is 105 Å². The van der Waals surface area contributed by atoms with Gasteiger partial charge in [0.15, 0.2) is 0 Å².